The number of thiocarbonyl (C=S) groups is 1. The number of ether oxygens (including phenoxy) is 1. The number of hydroxylamine groups is 2. The van der Waals surface area contributed by atoms with Crippen molar-refractivity contribution >= 4 is 29.2 Å². The molecule has 0 aromatic heterocycles. The van der Waals surface area contributed by atoms with Crippen molar-refractivity contribution in [1.82, 2.24) is 5.06 Å². The van der Waals surface area contributed by atoms with E-state index in [2.05, 4.69) is 12.6 Å². The molecule has 1 aliphatic rings. The maximum absolute atomic E-state index is 10.0. The maximum atomic E-state index is 10.0. The molecule has 0 unspecified atom stereocenters. The lowest BCUT2D eigenvalue weighted by Crippen LogP contribution is -2.60. The van der Waals surface area contributed by atoms with Crippen LogP contribution in [0.2, 0.25) is 0 Å². The number of hydrogen-bond donors (Lipinski definition) is 2. The third kappa shape index (κ3) is 3.06. The monoisotopic (exact) mass is 249 g/mol. The van der Waals surface area contributed by atoms with E-state index in [1.54, 1.807) is 0 Å². The fraction of sp³-hybridized carbons (Fsp3) is 0.900. The predicted octanol–water partition coefficient (Wildman–Crippen LogP) is 2.63. The van der Waals surface area contributed by atoms with Gasteiger partial charge >= 0.3 is 0 Å². The molecule has 1 fully saturated rings. The van der Waals surface area contributed by atoms with Gasteiger partial charge in [0.1, 0.15) is 6.10 Å². The van der Waals surface area contributed by atoms with Crippen LogP contribution in [0.4, 0.5) is 0 Å². The fourth-order valence-corrected chi connectivity index (χ4v) is 2.69. The van der Waals surface area contributed by atoms with Gasteiger partial charge in [-0.05, 0) is 39.9 Å². The Labute approximate surface area is 102 Å². The highest BCUT2D eigenvalue weighted by Crippen LogP contribution is 2.38. The predicted molar refractivity (Wildman–Crippen MR) is 67.5 cm³/mol. The first-order valence-electron chi connectivity index (χ1n) is 5.04. The standard InChI is InChI=1S/C10H19NO2S2/c1-9(2)5-7(13-8(14)15)6-10(3,4)11(9)12/h7,12H,5-6H2,1-4H3,(H,14,15). The van der Waals surface area contributed by atoms with Crippen molar-refractivity contribution in [3.05, 3.63) is 0 Å². The molecular formula is C10H19NO2S2. The van der Waals surface area contributed by atoms with E-state index in [1.165, 1.54) is 5.06 Å². The van der Waals surface area contributed by atoms with Crippen LogP contribution in [-0.2, 0) is 4.74 Å². The van der Waals surface area contributed by atoms with Crippen LogP contribution < -0.4 is 0 Å². The fourth-order valence-electron chi connectivity index (χ4n) is 2.40. The minimum Gasteiger partial charge on any atom is -0.475 e. The van der Waals surface area contributed by atoms with Gasteiger partial charge < -0.3 is 9.94 Å². The molecule has 5 heteroatoms. The molecule has 0 aromatic carbocycles. The average molecular weight is 249 g/mol. The smallest absolute Gasteiger partial charge is 0.217 e. The van der Waals surface area contributed by atoms with Crippen LogP contribution >= 0.6 is 24.8 Å². The highest BCUT2D eigenvalue weighted by molar-refractivity contribution is 8.10. The van der Waals surface area contributed by atoms with E-state index < -0.39 is 0 Å². The number of piperidine rings is 1. The summed E-state index contributed by atoms with van der Waals surface area (Å²) >= 11 is 8.80. The summed E-state index contributed by atoms with van der Waals surface area (Å²) in [5.41, 5.74) is -0.601. The van der Waals surface area contributed by atoms with Crippen molar-refractivity contribution in [2.24, 2.45) is 0 Å². The summed E-state index contributed by atoms with van der Waals surface area (Å²) in [6.07, 6.45) is 1.52. The maximum Gasteiger partial charge on any atom is 0.217 e. The summed E-state index contributed by atoms with van der Waals surface area (Å²) < 4.78 is 5.74. The SMILES string of the molecule is CC1(C)CC(OC(=S)S)CC(C)(C)N1O. The minimum absolute atomic E-state index is 0.0309. The van der Waals surface area contributed by atoms with Crippen LogP contribution in [-0.4, -0.2) is 31.8 Å². The quantitative estimate of drug-likeness (QED) is 0.553. The average Bonchev–Trinajstić information content (AvgIpc) is 1.97. The summed E-state index contributed by atoms with van der Waals surface area (Å²) in [7, 11) is 0. The van der Waals surface area contributed by atoms with Crippen molar-refractivity contribution in [3.63, 3.8) is 0 Å². The van der Waals surface area contributed by atoms with E-state index in [0.29, 0.717) is 0 Å². The molecule has 1 saturated heterocycles. The number of thiol groups is 1. The molecule has 1 aliphatic heterocycles. The first-order chi connectivity index (χ1) is 6.65. The van der Waals surface area contributed by atoms with Gasteiger partial charge in [0.15, 0.2) is 0 Å². The summed E-state index contributed by atoms with van der Waals surface area (Å²) in [4.78, 5) is 0. The van der Waals surface area contributed by atoms with Gasteiger partial charge in [0.05, 0.1) is 0 Å². The molecule has 15 heavy (non-hydrogen) atoms. The molecule has 1 N–H and O–H groups in total. The largest absolute Gasteiger partial charge is 0.475 e. The third-order valence-corrected chi connectivity index (χ3v) is 3.07. The lowest BCUT2D eigenvalue weighted by Gasteiger charge is -2.50. The molecule has 88 valence electrons. The molecule has 0 amide bonds. The molecule has 0 atom stereocenters. The van der Waals surface area contributed by atoms with E-state index in [-0.39, 0.29) is 21.6 Å². The van der Waals surface area contributed by atoms with E-state index in [0.717, 1.165) is 12.8 Å². The Balaban J connectivity index is 2.79. The van der Waals surface area contributed by atoms with Gasteiger partial charge in [0, 0.05) is 23.9 Å². The summed E-state index contributed by atoms with van der Waals surface area (Å²) in [6, 6.07) is 0. The zero-order valence-electron chi connectivity index (χ0n) is 9.65. The third-order valence-electron chi connectivity index (χ3n) is 2.87. The van der Waals surface area contributed by atoms with Gasteiger partial charge in [-0.2, -0.15) is 5.06 Å². The van der Waals surface area contributed by atoms with Crippen LogP contribution in [0.15, 0.2) is 0 Å². The lowest BCUT2D eigenvalue weighted by molar-refractivity contribution is -0.255. The van der Waals surface area contributed by atoms with Crippen molar-refractivity contribution in [3.8, 4) is 0 Å². The van der Waals surface area contributed by atoms with Crippen molar-refractivity contribution < 1.29 is 9.94 Å². The van der Waals surface area contributed by atoms with Crippen molar-refractivity contribution in [1.29, 1.82) is 0 Å². The van der Waals surface area contributed by atoms with Crippen molar-refractivity contribution in [2.75, 3.05) is 0 Å². The zero-order chi connectivity index (χ0) is 11.9. The first kappa shape index (κ1) is 13.2. The van der Waals surface area contributed by atoms with Gasteiger partial charge in [0.25, 0.3) is 0 Å². The summed E-state index contributed by atoms with van der Waals surface area (Å²) in [6.45, 7) is 7.97. The molecule has 1 heterocycles. The number of nitrogens with zero attached hydrogens (tertiary/aromatic N) is 1. The highest BCUT2D eigenvalue weighted by atomic mass is 32.1. The van der Waals surface area contributed by atoms with E-state index in [9.17, 15) is 5.21 Å². The number of rotatable bonds is 1. The molecule has 0 aromatic rings. The molecule has 3 nitrogen and oxygen atoms in total. The van der Waals surface area contributed by atoms with Crippen LogP contribution in [0.25, 0.3) is 0 Å². The summed E-state index contributed by atoms with van der Waals surface area (Å²) in [5, 5.41) is 11.5. The second-order valence-electron chi connectivity index (χ2n) is 5.35. The minimum atomic E-state index is -0.301. The highest BCUT2D eigenvalue weighted by Gasteiger charge is 2.45. The molecule has 0 bridgehead atoms. The van der Waals surface area contributed by atoms with Crippen molar-refractivity contribution in [2.45, 2.75) is 57.7 Å². The molecular weight excluding hydrogens is 230 g/mol. The Morgan fingerprint density at radius 1 is 1.33 bits per heavy atom. The van der Waals surface area contributed by atoms with Crippen LogP contribution in [0.3, 0.4) is 0 Å². The van der Waals surface area contributed by atoms with Gasteiger partial charge in [0.2, 0.25) is 4.38 Å². The second kappa shape index (κ2) is 4.20. The topological polar surface area (TPSA) is 32.7 Å². The van der Waals surface area contributed by atoms with E-state index in [1.807, 2.05) is 27.7 Å². The summed E-state index contributed by atoms with van der Waals surface area (Å²) in [5.74, 6) is 0. The molecule has 0 spiro atoms. The Bertz CT molecular complexity index is 248. The molecule has 0 saturated carbocycles. The van der Waals surface area contributed by atoms with E-state index >= 15 is 0 Å². The molecule has 1 rings (SSSR count). The van der Waals surface area contributed by atoms with Gasteiger partial charge in [-0.15, -0.1) is 0 Å². The van der Waals surface area contributed by atoms with Gasteiger partial charge in [-0.25, -0.2) is 0 Å². The van der Waals surface area contributed by atoms with Crippen LogP contribution in [0, 0.1) is 0 Å². The number of hydrogen-bond acceptors (Lipinski definition) is 4. The Morgan fingerprint density at radius 3 is 2.07 bits per heavy atom. The van der Waals surface area contributed by atoms with E-state index in [4.69, 9.17) is 17.0 Å². The first-order valence-corrected chi connectivity index (χ1v) is 5.89. The van der Waals surface area contributed by atoms with Crippen LogP contribution in [0.5, 0.6) is 0 Å². The van der Waals surface area contributed by atoms with Gasteiger partial charge in [-0.1, -0.05) is 12.6 Å². The molecule has 0 aliphatic carbocycles. The lowest BCUT2D eigenvalue weighted by atomic mass is 9.80. The normalized spacial score (nSPS) is 26.3. The Morgan fingerprint density at radius 2 is 1.73 bits per heavy atom. The van der Waals surface area contributed by atoms with Gasteiger partial charge in [-0.3, -0.25) is 0 Å². The Kier molecular flexibility index (Phi) is 3.70. The zero-order valence-corrected chi connectivity index (χ0v) is 11.4. The Hall–Kier alpha value is 0.160. The second-order valence-corrected chi connectivity index (χ2v) is 6.43. The van der Waals surface area contributed by atoms with Crippen LogP contribution in [0.1, 0.15) is 40.5 Å². The molecule has 0 radical (unpaired) electrons.